The van der Waals surface area contributed by atoms with Crippen LogP contribution in [0.3, 0.4) is 0 Å². The van der Waals surface area contributed by atoms with Crippen LogP contribution in [0.2, 0.25) is 0 Å². The van der Waals surface area contributed by atoms with Gasteiger partial charge in [-0.2, -0.15) is 0 Å². The van der Waals surface area contributed by atoms with Crippen molar-refractivity contribution in [3.05, 3.63) is 44.2 Å². The van der Waals surface area contributed by atoms with Gasteiger partial charge in [0.15, 0.2) is 0 Å². The maximum atomic E-state index is 11.8. The molecule has 0 aliphatic rings. The van der Waals surface area contributed by atoms with Gasteiger partial charge in [-0.3, -0.25) is 4.79 Å². The SMILES string of the molecule is CC(NCc1nc2ccsc2c(=O)[nH]1)c1nccs1. The first-order chi connectivity index (χ1) is 9.24. The first kappa shape index (κ1) is 12.5. The lowest BCUT2D eigenvalue weighted by Gasteiger charge is -2.10. The van der Waals surface area contributed by atoms with Crippen LogP contribution in [0.5, 0.6) is 0 Å². The molecule has 3 rings (SSSR count). The van der Waals surface area contributed by atoms with Gasteiger partial charge in [-0.05, 0) is 18.4 Å². The number of hydrogen-bond donors (Lipinski definition) is 2. The number of aromatic nitrogens is 3. The average Bonchev–Trinajstić information content (AvgIpc) is 3.06. The van der Waals surface area contributed by atoms with E-state index in [9.17, 15) is 4.79 Å². The van der Waals surface area contributed by atoms with Gasteiger partial charge in [0.05, 0.1) is 18.1 Å². The molecule has 5 nitrogen and oxygen atoms in total. The van der Waals surface area contributed by atoms with Crippen molar-refractivity contribution in [3.63, 3.8) is 0 Å². The van der Waals surface area contributed by atoms with E-state index in [4.69, 9.17) is 0 Å². The lowest BCUT2D eigenvalue weighted by atomic mass is 10.3. The molecule has 1 atom stereocenters. The fourth-order valence-corrected chi connectivity index (χ4v) is 3.19. The second-order valence-corrected chi connectivity index (χ2v) is 5.96. The van der Waals surface area contributed by atoms with Gasteiger partial charge in [0.1, 0.15) is 15.5 Å². The van der Waals surface area contributed by atoms with Gasteiger partial charge in [0, 0.05) is 11.6 Å². The minimum absolute atomic E-state index is 0.0706. The zero-order valence-electron chi connectivity index (χ0n) is 10.2. The van der Waals surface area contributed by atoms with Crippen LogP contribution >= 0.6 is 22.7 Å². The Kier molecular flexibility index (Phi) is 3.41. The van der Waals surface area contributed by atoms with Crippen LogP contribution in [0.4, 0.5) is 0 Å². The number of thiazole rings is 1. The lowest BCUT2D eigenvalue weighted by molar-refractivity contribution is 0.557. The molecule has 3 aromatic rings. The van der Waals surface area contributed by atoms with Crippen molar-refractivity contribution in [1.29, 1.82) is 0 Å². The molecule has 0 spiro atoms. The molecular weight excluding hydrogens is 280 g/mol. The van der Waals surface area contributed by atoms with E-state index in [0.717, 1.165) is 10.5 Å². The molecule has 0 aliphatic carbocycles. The monoisotopic (exact) mass is 292 g/mol. The van der Waals surface area contributed by atoms with E-state index < -0.39 is 0 Å². The molecule has 0 bridgehead atoms. The van der Waals surface area contributed by atoms with Gasteiger partial charge in [0.2, 0.25) is 0 Å². The summed E-state index contributed by atoms with van der Waals surface area (Å²) in [5, 5.41) is 8.16. The highest BCUT2D eigenvalue weighted by molar-refractivity contribution is 7.17. The quantitative estimate of drug-likeness (QED) is 0.774. The number of hydrogen-bond acceptors (Lipinski definition) is 6. The van der Waals surface area contributed by atoms with Crippen molar-refractivity contribution in [1.82, 2.24) is 20.3 Å². The minimum Gasteiger partial charge on any atom is -0.308 e. The normalized spacial score (nSPS) is 12.9. The third-order valence-corrected chi connectivity index (χ3v) is 4.62. The number of nitrogens with zero attached hydrogens (tertiary/aromatic N) is 2. The smallest absolute Gasteiger partial charge is 0.268 e. The topological polar surface area (TPSA) is 70.7 Å². The number of thiophene rings is 1. The molecule has 0 saturated heterocycles. The van der Waals surface area contributed by atoms with Crippen LogP contribution in [0.15, 0.2) is 27.8 Å². The zero-order valence-corrected chi connectivity index (χ0v) is 11.8. The summed E-state index contributed by atoms with van der Waals surface area (Å²) in [4.78, 5) is 23.3. The molecule has 0 amide bonds. The summed E-state index contributed by atoms with van der Waals surface area (Å²) in [5.74, 6) is 0.652. The second-order valence-electron chi connectivity index (χ2n) is 4.12. The summed E-state index contributed by atoms with van der Waals surface area (Å²) in [6.45, 7) is 2.56. The van der Waals surface area contributed by atoms with Crippen molar-refractivity contribution in [2.45, 2.75) is 19.5 Å². The summed E-state index contributed by atoms with van der Waals surface area (Å²) in [6, 6.07) is 2.01. The predicted molar refractivity (Wildman–Crippen MR) is 77.6 cm³/mol. The van der Waals surface area contributed by atoms with Crippen molar-refractivity contribution >= 4 is 32.9 Å². The predicted octanol–water partition coefficient (Wildman–Crippen LogP) is 2.29. The van der Waals surface area contributed by atoms with Crippen LogP contribution in [0.1, 0.15) is 23.8 Å². The number of nitrogens with one attached hydrogen (secondary N) is 2. The van der Waals surface area contributed by atoms with E-state index in [1.165, 1.54) is 11.3 Å². The van der Waals surface area contributed by atoms with E-state index in [-0.39, 0.29) is 11.6 Å². The minimum atomic E-state index is -0.0706. The van der Waals surface area contributed by atoms with Crippen molar-refractivity contribution in [2.75, 3.05) is 0 Å². The number of H-pyrrole nitrogens is 1. The highest BCUT2D eigenvalue weighted by atomic mass is 32.1. The first-order valence-electron chi connectivity index (χ1n) is 5.83. The van der Waals surface area contributed by atoms with Crippen LogP contribution in [0, 0.1) is 0 Å². The standard InChI is InChI=1S/C12H12N4OS2/c1-7(12-13-3-5-19-12)14-6-9-15-8-2-4-18-10(8)11(17)16-9/h2-5,7,14H,6H2,1H3,(H,15,16,17). The summed E-state index contributed by atoms with van der Waals surface area (Å²) < 4.78 is 0.678. The molecule has 0 saturated carbocycles. The molecule has 2 N–H and O–H groups in total. The number of fused-ring (bicyclic) bond motifs is 1. The third kappa shape index (κ3) is 2.58. The molecule has 1 unspecified atom stereocenters. The van der Waals surface area contributed by atoms with E-state index in [2.05, 4.69) is 20.3 Å². The van der Waals surface area contributed by atoms with Gasteiger partial charge in [-0.1, -0.05) is 0 Å². The van der Waals surface area contributed by atoms with E-state index in [0.29, 0.717) is 17.1 Å². The Labute approximate surface area is 117 Å². The number of rotatable bonds is 4. The third-order valence-electron chi connectivity index (χ3n) is 2.76. The molecule has 0 radical (unpaired) electrons. The molecule has 7 heteroatoms. The Balaban J connectivity index is 1.76. The fraction of sp³-hybridized carbons (Fsp3) is 0.250. The van der Waals surface area contributed by atoms with Gasteiger partial charge in [-0.25, -0.2) is 9.97 Å². The van der Waals surface area contributed by atoms with Crippen LogP contribution < -0.4 is 10.9 Å². The highest BCUT2D eigenvalue weighted by Gasteiger charge is 2.09. The molecule has 19 heavy (non-hydrogen) atoms. The second kappa shape index (κ2) is 5.20. The lowest BCUT2D eigenvalue weighted by Crippen LogP contribution is -2.21. The van der Waals surface area contributed by atoms with Crippen molar-refractivity contribution in [3.8, 4) is 0 Å². The maximum absolute atomic E-state index is 11.8. The summed E-state index contributed by atoms with van der Waals surface area (Å²) in [5.41, 5.74) is 0.686. The molecule has 0 fully saturated rings. The van der Waals surface area contributed by atoms with Crippen LogP contribution in [-0.4, -0.2) is 15.0 Å². The summed E-state index contributed by atoms with van der Waals surface area (Å²) in [6.07, 6.45) is 1.79. The van der Waals surface area contributed by atoms with E-state index in [1.54, 1.807) is 17.5 Å². The summed E-state index contributed by atoms with van der Waals surface area (Å²) in [7, 11) is 0. The molecule has 3 heterocycles. The van der Waals surface area contributed by atoms with E-state index in [1.807, 2.05) is 23.8 Å². The Morgan fingerprint density at radius 3 is 3.11 bits per heavy atom. The Bertz CT molecular complexity index is 732. The van der Waals surface area contributed by atoms with E-state index >= 15 is 0 Å². The molecule has 0 aromatic carbocycles. The average molecular weight is 292 g/mol. The van der Waals surface area contributed by atoms with Gasteiger partial charge in [-0.15, -0.1) is 22.7 Å². The molecule has 0 aliphatic heterocycles. The Morgan fingerprint density at radius 2 is 2.32 bits per heavy atom. The maximum Gasteiger partial charge on any atom is 0.268 e. The highest BCUT2D eigenvalue weighted by Crippen LogP contribution is 2.16. The van der Waals surface area contributed by atoms with Gasteiger partial charge in [0.25, 0.3) is 5.56 Å². The van der Waals surface area contributed by atoms with Gasteiger partial charge < -0.3 is 10.3 Å². The molecule has 98 valence electrons. The zero-order chi connectivity index (χ0) is 13.2. The Morgan fingerprint density at radius 1 is 1.42 bits per heavy atom. The number of aromatic amines is 1. The van der Waals surface area contributed by atoms with Crippen LogP contribution in [-0.2, 0) is 6.54 Å². The Hall–Kier alpha value is -1.57. The van der Waals surface area contributed by atoms with Gasteiger partial charge >= 0.3 is 0 Å². The van der Waals surface area contributed by atoms with Crippen molar-refractivity contribution < 1.29 is 0 Å². The fourth-order valence-electron chi connectivity index (χ4n) is 1.79. The largest absolute Gasteiger partial charge is 0.308 e. The summed E-state index contributed by atoms with van der Waals surface area (Å²) >= 11 is 3.02. The first-order valence-corrected chi connectivity index (χ1v) is 7.59. The molecule has 3 aromatic heterocycles. The van der Waals surface area contributed by atoms with Crippen molar-refractivity contribution in [2.24, 2.45) is 0 Å². The molecular formula is C12H12N4OS2. The van der Waals surface area contributed by atoms with Crippen LogP contribution in [0.25, 0.3) is 10.2 Å².